The van der Waals surface area contributed by atoms with E-state index < -0.39 is 18.0 Å². The van der Waals surface area contributed by atoms with E-state index >= 15 is 0 Å². The first-order valence-corrected chi connectivity index (χ1v) is 12.2. The summed E-state index contributed by atoms with van der Waals surface area (Å²) in [5, 5.41) is 26.6. The van der Waals surface area contributed by atoms with Gasteiger partial charge >= 0.3 is 18.0 Å². The van der Waals surface area contributed by atoms with Crippen LogP contribution < -0.4 is 31.9 Å². The molecule has 3 aromatic carbocycles. The van der Waals surface area contributed by atoms with Crippen LogP contribution in [0.3, 0.4) is 0 Å². The number of carbonyl (C=O) groups is 3. The SMILES string of the molecule is Cl.Cl.O=C(Nc1cc(NC(=O)Nc2cccc(C3=NCCN3)c2)cc(C(=O)O)c1)Nc1cccc(C2=NCCN2)c1. The Kier molecular flexibility index (Phi) is 10.5. The van der Waals surface area contributed by atoms with Crippen molar-refractivity contribution in [3.8, 4) is 0 Å². The Morgan fingerprint density at radius 3 is 1.46 bits per heavy atom. The van der Waals surface area contributed by atoms with E-state index in [2.05, 4.69) is 41.9 Å². The summed E-state index contributed by atoms with van der Waals surface area (Å²) < 4.78 is 0. The topological polar surface area (TPSA) is 168 Å². The van der Waals surface area contributed by atoms with Gasteiger partial charge in [0.2, 0.25) is 0 Å². The number of aliphatic imine (C=N–C) groups is 2. The molecule has 0 aliphatic carbocycles. The number of nitrogens with one attached hydrogen (secondary N) is 6. The summed E-state index contributed by atoms with van der Waals surface area (Å²) in [4.78, 5) is 45.8. The molecule has 2 aliphatic rings. The molecule has 0 radical (unpaired) electrons. The molecular formula is C27H28Cl2N8O4. The van der Waals surface area contributed by atoms with Crippen LogP contribution in [0.5, 0.6) is 0 Å². The molecule has 0 bridgehead atoms. The van der Waals surface area contributed by atoms with Crippen molar-refractivity contribution in [3.05, 3.63) is 83.4 Å². The summed E-state index contributed by atoms with van der Waals surface area (Å²) in [6, 6.07) is 17.3. The van der Waals surface area contributed by atoms with Crippen molar-refractivity contribution in [2.45, 2.75) is 0 Å². The van der Waals surface area contributed by atoms with E-state index in [9.17, 15) is 19.5 Å². The number of anilines is 4. The van der Waals surface area contributed by atoms with Gasteiger partial charge in [0.25, 0.3) is 0 Å². The number of carbonyl (C=O) groups excluding carboxylic acids is 2. The minimum atomic E-state index is -1.21. The van der Waals surface area contributed by atoms with Gasteiger partial charge in [-0.05, 0) is 42.5 Å². The number of urea groups is 2. The van der Waals surface area contributed by atoms with Gasteiger partial charge in [-0.25, -0.2) is 14.4 Å². The minimum Gasteiger partial charge on any atom is -0.478 e. The number of hydrogen-bond donors (Lipinski definition) is 7. The third-order valence-electron chi connectivity index (χ3n) is 5.83. The molecule has 5 rings (SSSR count). The number of amidine groups is 2. The van der Waals surface area contributed by atoms with E-state index in [4.69, 9.17) is 0 Å². The molecule has 0 fully saturated rings. The highest BCUT2D eigenvalue weighted by Gasteiger charge is 2.14. The highest BCUT2D eigenvalue weighted by molar-refractivity contribution is 6.06. The standard InChI is InChI=1S/C27H26N8O4.2ClH/c36-25(37)18-13-21(34-26(38)32-19-5-1-3-16(11-19)23-28-7-8-29-23)15-22(14-18)35-27(39)33-20-6-2-4-17(12-20)24-30-9-10-31-24;;/h1-6,11-15H,7-10H2,(H,28,29)(H,30,31)(H,36,37)(H2,32,34,38)(H2,33,35,39);2*1H. The van der Waals surface area contributed by atoms with E-state index in [0.29, 0.717) is 24.5 Å². The molecule has 214 valence electrons. The molecule has 2 heterocycles. The number of hydrogen-bond acceptors (Lipinski definition) is 7. The lowest BCUT2D eigenvalue weighted by Crippen LogP contribution is -2.22. The molecule has 7 N–H and O–H groups in total. The zero-order chi connectivity index (χ0) is 27.2. The van der Waals surface area contributed by atoms with Crippen molar-refractivity contribution in [1.82, 2.24) is 10.6 Å². The summed E-state index contributed by atoms with van der Waals surface area (Å²) in [5.74, 6) is 0.313. The number of carboxylic acid groups (broad SMARTS) is 1. The van der Waals surface area contributed by atoms with E-state index in [1.807, 2.05) is 12.1 Å². The van der Waals surface area contributed by atoms with Gasteiger partial charge < -0.3 is 37.0 Å². The highest BCUT2D eigenvalue weighted by atomic mass is 35.5. The quantitative estimate of drug-likeness (QED) is 0.215. The van der Waals surface area contributed by atoms with E-state index in [-0.39, 0.29) is 41.8 Å². The fourth-order valence-electron chi connectivity index (χ4n) is 4.15. The smallest absolute Gasteiger partial charge is 0.335 e. The zero-order valence-electron chi connectivity index (χ0n) is 21.6. The third kappa shape index (κ3) is 8.10. The van der Waals surface area contributed by atoms with Gasteiger partial charge in [0.1, 0.15) is 11.7 Å². The number of halogens is 2. The van der Waals surface area contributed by atoms with Crippen LogP contribution in [-0.2, 0) is 0 Å². The summed E-state index contributed by atoms with van der Waals surface area (Å²) >= 11 is 0. The largest absolute Gasteiger partial charge is 0.478 e. The molecule has 0 saturated heterocycles. The molecule has 0 saturated carbocycles. The van der Waals surface area contributed by atoms with Crippen LogP contribution in [0.25, 0.3) is 0 Å². The fourth-order valence-corrected chi connectivity index (χ4v) is 4.15. The predicted octanol–water partition coefficient (Wildman–Crippen LogP) is 4.22. The minimum absolute atomic E-state index is 0. The maximum Gasteiger partial charge on any atom is 0.335 e. The number of rotatable bonds is 7. The average molecular weight is 599 g/mol. The van der Waals surface area contributed by atoms with Crippen LogP contribution in [0.4, 0.5) is 32.3 Å². The number of carboxylic acids is 1. The van der Waals surface area contributed by atoms with Gasteiger partial charge in [-0.3, -0.25) is 9.98 Å². The summed E-state index contributed by atoms with van der Waals surface area (Å²) in [7, 11) is 0. The van der Waals surface area contributed by atoms with Crippen LogP contribution in [0, 0.1) is 0 Å². The average Bonchev–Trinajstić information content (AvgIpc) is 3.64. The van der Waals surface area contributed by atoms with Crippen molar-refractivity contribution in [2.75, 3.05) is 47.4 Å². The lowest BCUT2D eigenvalue weighted by atomic mass is 10.1. The van der Waals surface area contributed by atoms with Gasteiger partial charge in [-0.1, -0.05) is 24.3 Å². The van der Waals surface area contributed by atoms with Crippen LogP contribution in [0.1, 0.15) is 21.5 Å². The van der Waals surface area contributed by atoms with Crippen molar-refractivity contribution in [1.29, 1.82) is 0 Å². The number of aromatic carboxylic acids is 1. The van der Waals surface area contributed by atoms with Crippen LogP contribution in [0.2, 0.25) is 0 Å². The number of benzene rings is 3. The zero-order valence-corrected chi connectivity index (χ0v) is 23.2. The second-order valence-corrected chi connectivity index (χ2v) is 8.74. The summed E-state index contributed by atoms with van der Waals surface area (Å²) in [6.45, 7) is 2.92. The second kappa shape index (κ2) is 14.0. The van der Waals surface area contributed by atoms with E-state index in [1.54, 1.807) is 36.4 Å². The molecule has 0 aromatic heterocycles. The maximum absolute atomic E-state index is 12.7. The van der Waals surface area contributed by atoms with E-state index in [0.717, 1.165) is 35.9 Å². The third-order valence-corrected chi connectivity index (χ3v) is 5.83. The van der Waals surface area contributed by atoms with Gasteiger partial charge in [-0.2, -0.15) is 0 Å². The molecule has 0 unspecified atom stereocenters. The van der Waals surface area contributed by atoms with Crippen LogP contribution in [-0.4, -0.2) is 61.0 Å². The van der Waals surface area contributed by atoms with Crippen molar-refractivity contribution < 1.29 is 19.5 Å². The molecule has 4 amide bonds. The first-order chi connectivity index (χ1) is 18.9. The second-order valence-electron chi connectivity index (χ2n) is 8.74. The Morgan fingerprint density at radius 1 is 0.634 bits per heavy atom. The molecule has 0 spiro atoms. The highest BCUT2D eigenvalue weighted by Crippen LogP contribution is 2.21. The van der Waals surface area contributed by atoms with Gasteiger partial charge in [-0.15, -0.1) is 24.8 Å². The number of amides is 4. The Hall–Kier alpha value is -4.81. The first-order valence-electron chi connectivity index (χ1n) is 12.2. The van der Waals surface area contributed by atoms with Crippen molar-refractivity contribution in [2.24, 2.45) is 9.98 Å². The molecular weight excluding hydrogens is 571 g/mol. The summed E-state index contributed by atoms with van der Waals surface area (Å²) in [6.07, 6.45) is 0. The maximum atomic E-state index is 12.7. The molecule has 14 heteroatoms. The van der Waals surface area contributed by atoms with Crippen molar-refractivity contribution in [3.63, 3.8) is 0 Å². The number of nitrogens with zero attached hydrogens (tertiary/aromatic N) is 2. The fraction of sp³-hybridized carbons (Fsp3) is 0.148. The Labute approximate surface area is 247 Å². The normalized spacial score (nSPS) is 13.2. The van der Waals surface area contributed by atoms with E-state index in [1.165, 1.54) is 18.2 Å². The Balaban J connectivity index is 0.00000231. The monoisotopic (exact) mass is 598 g/mol. The molecule has 2 aliphatic heterocycles. The van der Waals surface area contributed by atoms with Gasteiger partial charge in [0.05, 0.1) is 18.7 Å². The molecule has 0 atom stereocenters. The lowest BCUT2D eigenvalue weighted by Gasteiger charge is -2.13. The molecule has 3 aromatic rings. The summed E-state index contributed by atoms with van der Waals surface area (Å²) in [5.41, 5.74) is 3.02. The lowest BCUT2D eigenvalue weighted by molar-refractivity contribution is 0.0697. The molecule has 41 heavy (non-hydrogen) atoms. The van der Waals surface area contributed by atoms with Crippen molar-refractivity contribution >= 4 is 77.3 Å². The predicted molar refractivity (Wildman–Crippen MR) is 165 cm³/mol. The first kappa shape index (κ1) is 30.7. The Bertz CT molecular complexity index is 1410. The molecule has 12 nitrogen and oxygen atoms in total. The van der Waals surface area contributed by atoms with Crippen LogP contribution >= 0.6 is 24.8 Å². The Morgan fingerprint density at radius 2 is 1.07 bits per heavy atom. The van der Waals surface area contributed by atoms with Gasteiger partial charge in [0, 0.05) is 47.0 Å². The van der Waals surface area contributed by atoms with Gasteiger partial charge in [0.15, 0.2) is 0 Å². The van der Waals surface area contributed by atoms with Crippen LogP contribution in [0.15, 0.2) is 76.7 Å².